The van der Waals surface area contributed by atoms with E-state index in [4.69, 9.17) is 9.57 Å². The van der Waals surface area contributed by atoms with E-state index in [9.17, 15) is 9.90 Å². The summed E-state index contributed by atoms with van der Waals surface area (Å²) in [7, 11) is 1.72. The smallest absolute Gasteiger partial charge is 0.331 e. The second-order valence-corrected chi connectivity index (χ2v) is 11.1. The van der Waals surface area contributed by atoms with Gasteiger partial charge < -0.3 is 14.7 Å². The first-order valence-corrected chi connectivity index (χ1v) is 11.7. The fourth-order valence-corrected chi connectivity index (χ4v) is 8.68. The average Bonchev–Trinajstić information content (AvgIpc) is 3.23. The van der Waals surface area contributed by atoms with Crippen LogP contribution in [-0.2, 0) is 14.4 Å². The normalized spacial score (nSPS) is 51.7. The maximum Gasteiger partial charge on any atom is 0.331 e. The van der Waals surface area contributed by atoms with Crippen molar-refractivity contribution < 1.29 is 19.5 Å². The summed E-state index contributed by atoms with van der Waals surface area (Å²) < 4.78 is 5.23. The lowest BCUT2D eigenvalue weighted by molar-refractivity contribution is -0.206. The Balaban J connectivity index is 1.41. The molecule has 29 heavy (non-hydrogen) atoms. The van der Waals surface area contributed by atoms with Crippen LogP contribution in [0.5, 0.6) is 0 Å². The summed E-state index contributed by atoms with van der Waals surface area (Å²) in [4.78, 5) is 16.9. The maximum atomic E-state index is 12.2. The number of carbonyl (C=O) groups excluding carboxylic acids is 1. The summed E-state index contributed by atoms with van der Waals surface area (Å²) in [5.74, 6) is 1.79. The summed E-state index contributed by atoms with van der Waals surface area (Å²) in [6.45, 7) is 5.25. The molecular weight excluding hydrogens is 366 g/mol. The van der Waals surface area contributed by atoms with Crippen molar-refractivity contribution in [2.75, 3.05) is 13.7 Å². The topological polar surface area (TPSA) is 67.8 Å². The van der Waals surface area contributed by atoms with Gasteiger partial charge >= 0.3 is 5.97 Å². The minimum absolute atomic E-state index is 0.133. The Labute approximate surface area is 174 Å². The first kappa shape index (κ1) is 20.0. The Morgan fingerprint density at radius 1 is 1.10 bits per heavy atom. The van der Waals surface area contributed by atoms with Crippen LogP contribution in [0.25, 0.3) is 0 Å². The Morgan fingerprint density at radius 2 is 1.93 bits per heavy atom. The number of rotatable bonds is 3. The van der Waals surface area contributed by atoms with Crippen molar-refractivity contribution in [3.05, 3.63) is 11.6 Å². The Kier molecular flexibility index (Phi) is 4.69. The van der Waals surface area contributed by atoms with E-state index in [0.717, 1.165) is 43.6 Å². The van der Waals surface area contributed by atoms with Crippen LogP contribution in [-0.4, -0.2) is 36.4 Å². The second-order valence-electron chi connectivity index (χ2n) is 11.1. The number of esters is 1. The molecular formula is C24H37NO4. The van der Waals surface area contributed by atoms with Crippen LogP contribution in [0.2, 0.25) is 0 Å². The molecule has 0 bridgehead atoms. The Morgan fingerprint density at radius 3 is 2.66 bits per heavy atom. The molecule has 8 atom stereocenters. The number of nitrogens with one attached hydrogen (secondary N) is 1. The van der Waals surface area contributed by atoms with E-state index < -0.39 is 5.60 Å². The van der Waals surface area contributed by atoms with Gasteiger partial charge in [-0.05, 0) is 92.4 Å². The molecule has 1 aliphatic heterocycles. The molecule has 0 radical (unpaired) electrons. The first-order chi connectivity index (χ1) is 13.8. The van der Waals surface area contributed by atoms with Crippen LogP contribution in [0.15, 0.2) is 11.6 Å². The van der Waals surface area contributed by atoms with E-state index in [2.05, 4.69) is 19.3 Å². The van der Waals surface area contributed by atoms with E-state index in [1.165, 1.54) is 25.7 Å². The monoisotopic (exact) mass is 403 g/mol. The molecule has 0 amide bonds. The summed E-state index contributed by atoms with van der Waals surface area (Å²) >= 11 is 0. The zero-order valence-electron chi connectivity index (χ0n) is 18.2. The van der Waals surface area contributed by atoms with E-state index in [-0.39, 0.29) is 17.3 Å². The van der Waals surface area contributed by atoms with Gasteiger partial charge in [-0.1, -0.05) is 13.8 Å². The standard InChI is InChI=1S/C24H37NO4/c1-22-9-6-17(25-28-3)13-16(22)4-5-20-19(22)7-10-23(2)18(8-11-24(20,23)27)15-12-21(26)29-14-15/h12,16-20,25,27H,4-11,13-14H2,1-3H3/t16?,17-,18-,19?,20?,22+,23-,24+/m1/s1. The molecule has 5 aliphatic rings. The lowest BCUT2D eigenvalue weighted by Gasteiger charge is -2.63. The van der Waals surface area contributed by atoms with Crippen LogP contribution >= 0.6 is 0 Å². The molecule has 4 fully saturated rings. The van der Waals surface area contributed by atoms with E-state index in [1.807, 2.05) is 0 Å². The Bertz CT molecular complexity index is 722. The number of ether oxygens (including phenoxy) is 1. The fraction of sp³-hybridized carbons (Fsp3) is 0.875. The van der Waals surface area contributed by atoms with Crippen molar-refractivity contribution in [2.24, 2.45) is 34.5 Å². The third-order valence-electron chi connectivity index (χ3n) is 10.3. The van der Waals surface area contributed by atoms with Crippen molar-refractivity contribution >= 4 is 5.97 Å². The molecule has 162 valence electrons. The molecule has 3 unspecified atom stereocenters. The van der Waals surface area contributed by atoms with Crippen LogP contribution in [0.1, 0.15) is 71.6 Å². The van der Waals surface area contributed by atoms with Gasteiger partial charge in [-0.3, -0.25) is 0 Å². The zero-order chi connectivity index (χ0) is 20.4. The molecule has 4 saturated carbocycles. The van der Waals surface area contributed by atoms with Crippen LogP contribution in [0, 0.1) is 34.5 Å². The number of hydroxylamine groups is 1. The highest BCUT2D eigenvalue weighted by Crippen LogP contribution is 2.69. The lowest BCUT2D eigenvalue weighted by Crippen LogP contribution is -2.62. The van der Waals surface area contributed by atoms with Crippen molar-refractivity contribution in [3.8, 4) is 0 Å². The van der Waals surface area contributed by atoms with E-state index >= 15 is 0 Å². The molecule has 5 nitrogen and oxygen atoms in total. The van der Waals surface area contributed by atoms with Gasteiger partial charge in [0.15, 0.2) is 0 Å². The highest BCUT2D eigenvalue weighted by Gasteiger charge is 2.67. The van der Waals surface area contributed by atoms with Gasteiger partial charge in [0.1, 0.15) is 6.61 Å². The molecule has 1 heterocycles. The van der Waals surface area contributed by atoms with Gasteiger partial charge in [0.2, 0.25) is 0 Å². The second kappa shape index (κ2) is 6.80. The molecule has 0 aromatic heterocycles. The number of cyclic esters (lactones) is 1. The molecule has 5 heteroatoms. The lowest BCUT2D eigenvalue weighted by atomic mass is 9.43. The Hall–Kier alpha value is -0.910. The quantitative estimate of drug-likeness (QED) is 0.555. The molecule has 5 rings (SSSR count). The zero-order valence-corrected chi connectivity index (χ0v) is 18.2. The summed E-state index contributed by atoms with van der Waals surface area (Å²) in [6.07, 6.45) is 11.8. The maximum absolute atomic E-state index is 12.2. The fourth-order valence-electron chi connectivity index (χ4n) is 8.68. The van der Waals surface area contributed by atoms with Crippen molar-refractivity contribution in [1.82, 2.24) is 5.48 Å². The highest BCUT2D eigenvalue weighted by molar-refractivity contribution is 5.85. The van der Waals surface area contributed by atoms with E-state index in [0.29, 0.717) is 29.9 Å². The third kappa shape index (κ3) is 2.73. The van der Waals surface area contributed by atoms with Crippen molar-refractivity contribution in [3.63, 3.8) is 0 Å². The molecule has 0 aromatic rings. The highest BCUT2D eigenvalue weighted by atomic mass is 16.6. The van der Waals surface area contributed by atoms with Gasteiger partial charge in [-0.25, -0.2) is 4.79 Å². The van der Waals surface area contributed by atoms with Crippen LogP contribution in [0.3, 0.4) is 0 Å². The molecule has 0 saturated heterocycles. The van der Waals surface area contributed by atoms with Crippen LogP contribution < -0.4 is 5.48 Å². The van der Waals surface area contributed by atoms with Crippen LogP contribution in [0.4, 0.5) is 0 Å². The largest absolute Gasteiger partial charge is 0.458 e. The number of hydrogen-bond donors (Lipinski definition) is 2. The van der Waals surface area contributed by atoms with Crippen molar-refractivity contribution in [1.29, 1.82) is 0 Å². The molecule has 0 spiro atoms. The summed E-state index contributed by atoms with van der Waals surface area (Å²) in [5.41, 5.74) is 3.91. The SMILES string of the molecule is CON[C@@H]1CC[C@@]2(C)C(CCC3C2CC[C@]2(C)[C@@H](C4=CC(=O)OC4)CC[C@]32O)C1. The van der Waals surface area contributed by atoms with E-state index in [1.54, 1.807) is 13.2 Å². The van der Waals surface area contributed by atoms with Gasteiger partial charge in [-0.2, -0.15) is 5.48 Å². The summed E-state index contributed by atoms with van der Waals surface area (Å²) in [6, 6.07) is 0.467. The van der Waals surface area contributed by atoms with Gasteiger partial charge in [0.25, 0.3) is 0 Å². The molecule has 4 aliphatic carbocycles. The number of hydrogen-bond acceptors (Lipinski definition) is 5. The first-order valence-electron chi connectivity index (χ1n) is 11.7. The number of carbonyl (C=O) groups is 1. The predicted octanol–water partition coefficient (Wildman–Crippen LogP) is 3.76. The molecule has 2 N–H and O–H groups in total. The minimum atomic E-state index is -0.608. The number of aliphatic hydroxyl groups is 1. The average molecular weight is 404 g/mol. The van der Waals surface area contributed by atoms with Crippen molar-refractivity contribution in [2.45, 2.75) is 83.3 Å². The van der Waals surface area contributed by atoms with Gasteiger partial charge in [0.05, 0.1) is 12.7 Å². The van der Waals surface area contributed by atoms with Gasteiger partial charge in [0, 0.05) is 17.5 Å². The molecule has 0 aromatic carbocycles. The van der Waals surface area contributed by atoms with Gasteiger partial charge in [-0.15, -0.1) is 0 Å². The minimum Gasteiger partial charge on any atom is -0.458 e. The number of fused-ring (bicyclic) bond motifs is 5. The predicted molar refractivity (Wildman–Crippen MR) is 110 cm³/mol. The third-order valence-corrected chi connectivity index (χ3v) is 10.3. The summed E-state index contributed by atoms with van der Waals surface area (Å²) in [5, 5.41) is 12.2.